The van der Waals surface area contributed by atoms with Crippen molar-refractivity contribution in [3.63, 3.8) is 0 Å². The van der Waals surface area contributed by atoms with Crippen LogP contribution in [0, 0.1) is 0 Å². The molecule has 0 bridgehead atoms. The lowest BCUT2D eigenvalue weighted by Gasteiger charge is -2.42. The van der Waals surface area contributed by atoms with Gasteiger partial charge in [0, 0.05) is 33.4 Å². The summed E-state index contributed by atoms with van der Waals surface area (Å²) in [6.07, 6.45) is 1.11. The van der Waals surface area contributed by atoms with E-state index in [1.54, 1.807) is 0 Å². The van der Waals surface area contributed by atoms with Crippen LogP contribution in [0.1, 0.15) is 17.2 Å². The van der Waals surface area contributed by atoms with E-state index in [9.17, 15) is 0 Å². The molecule has 0 aliphatic carbocycles. The largest absolute Gasteiger partial charge is 1.00 e. The van der Waals surface area contributed by atoms with Crippen molar-refractivity contribution in [2.75, 3.05) is 40.3 Å². The Morgan fingerprint density at radius 1 is 1.04 bits per heavy atom. The molecule has 134 valence electrons. The van der Waals surface area contributed by atoms with E-state index in [0.717, 1.165) is 10.9 Å². The van der Waals surface area contributed by atoms with Gasteiger partial charge >= 0.3 is 0 Å². The summed E-state index contributed by atoms with van der Waals surface area (Å²) < 4.78 is 2.32. The van der Waals surface area contributed by atoms with Gasteiger partial charge in [-0.3, -0.25) is 4.90 Å². The fourth-order valence-corrected chi connectivity index (χ4v) is 5.23. The van der Waals surface area contributed by atoms with Crippen LogP contribution in [0.4, 0.5) is 0 Å². The molecule has 4 rings (SSSR count). The van der Waals surface area contributed by atoms with Crippen LogP contribution in [0.25, 0.3) is 0 Å². The quantitative estimate of drug-likeness (QED) is 0.407. The molecule has 0 radical (unpaired) electrons. The number of quaternary nitrogens is 1. The number of hydrogen-bond acceptors (Lipinski definition) is 2. The SMILES string of the molecule is C[N+]1(C)CCN(C2Cc3ccccc3Sc3ccc(Br)cc32)CC1.[I-]. The maximum Gasteiger partial charge on any atom is 0.0912 e. The molecule has 1 unspecified atom stereocenters. The molecule has 0 spiro atoms. The number of likely N-dealkylation sites (N-methyl/N-ethyl adjacent to an activating group) is 1. The number of benzene rings is 2. The first-order valence-corrected chi connectivity index (χ1v) is 10.2. The van der Waals surface area contributed by atoms with Gasteiger partial charge in [-0.15, -0.1) is 0 Å². The summed E-state index contributed by atoms with van der Waals surface area (Å²) in [6, 6.07) is 16.2. The first-order valence-electron chi connectivity index (χ1n) is 8.63. The summed E-state index contributed by atoms with van der Waals surface area (Å²) in [5, 5.41) is 0. The van der Waals surface area contributed by atoms with E-state index < -0.39 is 0 Å². The van der Waals surface area contributed by atoms with Crippen molar-refractivity contribution in [2.24, 2.45) is 0 Å². The third kappa shape index (κ3) is 4.26. The van der Waals surface area contributed by atoms with E-state index in [-0.39, 0.29) is 24.0 Å². The number of halogens is 2. The van der Waals surface area contributed by atoms with Crippen molar-refractivity contribution in [3.05, 3.63) is 58.1 Å². The molecule has 2 nitrogen and oxygen atoms in total. The summed E-state index contributed by atoms with van der Waals surface area (Å²) in [5.74, 6) is 0. The molecule has 1 saturated heterocycles. The Balaban J connectivity index is 0.00000182. The Morgan fingerprint density at radius 3 is 2.52 bits per heavy atom. The molecule has 0 amide bonds. The van der Waals surface area contributed by atoms with E-state index in [0.29, 0.717) is 6.04 Å². The third-order valence-corrected chi connectivity index (χ3v) is 7.07. The molecule has 5 heteroatoms. The number of fused-ring (bicyclic) bond motifs is 2. The van der Waals surface area contributed by atoms with Crippen LogP contribution in [0.5, 0.6) is 0 Å². The summed E-state index contributed by atoms with van der Waals surface area (Å²) in [7, 11) is 4.69. The zero-order chi connectivity index (χ0) is 16.7. The molecular weight excluding hydrogens is 507 g/mol. The van der Waals surface area contributed by atoms with Gasteiger partial charge in [-0.25, -0.2) is 0 Å². The highest BCUT2D eigenvalue weighted by molar-refractivity contribution is 9.10. The van der Waals surface area contributed by atoms with Gasteiger partial charge in [0.25, 0.3) is 0 Å². The number of nitrogens with zero attached hydrogens (tertiary/aromatic N) is 2. The highest BCUT2D eigenvalue weighted by atomic mass is 127. The van der Waals surface area contributed by atoms with Crippen molar-refractivity contribution in [1.29, 1.82) is 0 Å². The summed E-state index contributed by atoms with van der Waals surface area (Å²) >= 11 is 5.62. The van der Waals surface area contributed by atoms with Gasteiger partial charge < -0.3 is 28.5 Å². The lowest BCUT2D eigenvalue weighted by Crippen LogP contribution is -3.00. The zero-order valence-electron chi connectivity index (χ0n) is 14.7. The second-order valence-corrected chi connectivity index (χ2v) is 9.53. The fourth-order valence-electron chi connectivity index (χ4n) is 3.74. The van der Waals surface area contributed by atoms with Gasteiger partial charge in [-0.05, 0) is 41.8 Å². The van der Waals surface area contributed by atoms with E-state index in [1.165, 1.54) is 51.6 Å². The van der Waals surface area contributed by atoms with E-state index in [1.807, 2.05) is 11.8 Å². The van der Waals surface area contributed by atoms with E-state index in [4.69, 9.17) is 0 Å². The second kappa shape index (κ2) is 7.89. The summed E-state index contributed by atoms with van der Waals surface area (Å²) in [6.45, 7) is 4.82. The smallest absolute Gasteiger partial charge is 0.0912 e. The maximum absolute atomic E-state index is 3.69. The van der Waals surface area contributed by atoms with Crippen LogP contribution in [-0.4, -0.2) is 49.7 Å². The first kappa shape index (κ1) is 19.7. The normalized spacial score (nSPS) is 22.3. The molecule has 1 atom stereocenters. The van der Waals surface area contributed by atoms with Gasteiger partial charge in [0.05, 0.1) is 27.2 Å². The Kier molecular flexibility index (Phi) is 6.21. The first-order chi connectivity index (χ1) is 11.5. The van der Waals surface area contributed by atoms with Gasteiger partial charge in [0.2, 0.25) is 0 Å². The van der Waals surface area contributed by atoms with Crippen molar-refractivity contribution < 1.29 is 28.5 Å². The van der Waals surface area contributed by atoms with Crippen molar-refractivity contribution in [3.8, 4) is 0 Å². The third-order valence-electron chi connectivity index (χ3n) is 5.36. The van der Waals surface area contributed by atoms with Crippen LogP contribution < -0.4 is 24.0 Å². The lowest BCUT2D eigenvalue weighted by atomic mass is 9.96. The minimum absolute atomic E-state index is 0. The molecule has 2 aromatic rings. The number of hydrogen-bond donors (Lipinski definition) is 0. The minimum atomic E-state index is 0. The molecule has 2 aliphatic heterocycles. The van der Waals surface area contributed by atoms with E-state index >= 15 is 0 Å². The zero-order valence-corrected chi connectivity index (χ0v) is 19.3. The summed E-state index contributed by atoms with van der Waals surface area (Å²) in [5.41, 5.74) is 2.97. The van der Waals surface area contributed by atoms with Crippen molar-refractivity contribution in [1.82, 2.24) is 4.90 Å². The minimum Gasteiger partial charge on any atom is -1.00 e. The lowest BCUT2D eigenvalue weighted by molar-refractivity contribution is -0.894. The van der Waals surface area contributed by atoms with E-state index in [2.05, 4.69) is 77.4 Å². The van der Waals surface area contributed by atoms with Crippen LogP contribution in [-0.2, 0) is 6.42 Å². The predicted octanol–water partition coefficient (Wildman–Crippen LogP) is 1.59. The number of piperazine rings is 1. The standard InChI is InChI=1S/C20H24BrN2S.HI/c1-23(2)11-9-22(10-12-23)18-13-15-5-3-4-6-19(15)24-20-8-7-16(21)14-17(18)20;/h3-8,14,18H,9-13H2,1-2H3;1H/q+1;/p-1. The average molecular weight is 531 g/mol. The van der Waals surface area contributed by atoms with Crippen LogP contribution in [0.3, 0.4) is 0 Å². The molecule has 0 N–H and O–H groups in total. The average Bonchev–Trinajstić information content (AvgIpc) is 2.71. The van der Waals surface area contributed by atoms with Crippen LogP contribution >= 0.6 is 27.7 Å². The summed E-state index contributed by atoms with van der Waals surface area (Å²) in [4.78, 5) is 5.53. The topological polar surface area (TPSA) is 3.24 Å². The monoisotopic (exact) mass is 530 g/mol. The van der Waals surface area contributed by atoms with Gasteiger partial charge in [0.15, 0.2) is 0 Å². The highest BCUT2D eigenvalue weighted by Gasteiger charge is 2.32. The second-order valence-electron chi connectivity index (χ2n) is 7.53. The number of rotatable bonds is 1. The maximum atomic E-state index is 3.69. The molecular formula is C20H24BrIN2S. The molecule has 25 heavy (non-hydrogen) atoms. The molecule has 0 aromatic heterocycles. The Morgan fingerprint density at radius 2 is 1.76 bits per heavy atom. The Hall–Kier alpha value is -0.0800. The molecule has 2 aliphatic rings. The molecule has 2 heterocycles. The Bertz CT molecular complexity index is 755. The molecule has 2 aromatic carbocycles. The van der Waals surface area contributed by atoms with Crippen molar-refractivity contribution in [2.45, 2.75) is 22.3 Å². The van der Waals surface area contributed by atoms with Crippen LogP contribution in [0.15, 0.2) is 56.7 Å². The molecule has 1 fully saturated rings. The predicted molar refractivity (Wildman–Crippen MR) is 105 cm³/mol. The van der Waals surface area contributed by atoms with Gasteiger partial charge in [-0.1, -0.05) is 45.9 Å². The van der Waals surface area contributed by atoms with Crippen LogP contribution in [0.2, 0.25) is 0 Å². The van der Waals surface area contributed by atoms with Gasteiger partial charge in [-0.2, -0.15) is 0 Å². The fraction of sp³-hybridized carbons (Fsp3) is 0.400. The molecule has 0 saturated carbocycles. The highest BCUT2D eigenvalue weighted by Crippen LogP contribution is 2.43. The Labute approximate surface area is 180 Å². The van der Waals surface area contributed by atoms with Crippen molar-refractivity contribution >= 4 is 27.7 Å². The van der Waals surface area contributed by atoms with Gasteiger partial charge in [0.1, 0.15) is 0 Å².